The molecule has 0 bridgehead atoms. The van der Waals surface area contributed by atoms with Crippen LogP contribution in [0.2, 0.25) is 0 Å². The van der Waals surface area contributed by atoms with E-state index in [0.29, 0.717) is 5.25 Å². The van der Waals surface area contributed by atoms with Crippen molar-refractivity contribution < 1.29 is 0 Å². The van der Waals surface area contributed by atoms with Gasteiger partial charge in [0.15, 0.2) is 0 Å². The summed E-state index contributed by atoms with van der Waals surface area (Å²) >= 11 is 7.42. The second-order valence-corrected chi connectivity index (χ2v) is 8.57. The van der Waals surface area contributed by atoms with Gasteiger partial charge in [0.1, 0.15) is 0 Å². The van der Waals surface area contributed by atoms with Gasteiger partial charge >= 0.3 is 0 Å². The van der Waals surface area contributed by atoms with E-state index in [2.05, 4.69) is 46.7 Å². The lowest BCUT2D eigenvalue weighted by Gasteiger charge is -2.20. The molecule has 17 heavy (non-hydrogen) atoms. The summed E-state index contributed by atoms with van der Waals surface area (Å²) in [6.07, 6.45) is 5.71. The standard InChI is InChI=1S/C13H20BrNS2/c1-9(15)13(11-6-7-12(14)17-11)16-8-10-4-2-3-5-10/h6-7,9-10,13H,2-5,8,15H2,1H3. The van der Waals surface area contributed by atoms with Crippen LogP contribution in [-0.2, 0) is 0 Å². The van der Waals surface area contributed by atoms with Crippen LogP contribution in [0.15, 0.2) is 15.9 Å². The Balaban J connectivity index is 1.92. The van der Waals surface area contributed by atoms with Crippen LogP contribution in [0.3, 0.4) is 0 Å². The van der Waals surface area contributed by atoms with Crippen molar-refractivity contribution in [3.8, 4) is 0 Å². The van der Waals surface area contributed by atoms with Crippen molar-refractivity contribution in [2.75, 3.05) is 5.75 Å². The lowest BCUT2D eigenvalue weighted by Crippen LogP contribution is -2.22. The molecule has 96 valence electrons. The molecule has 2 rings (SSSR count). The van der Waals surface area contributed by atoms with Crippen LogP contribution in [0.25, 0.3) is 0 Å². The predicted molar refractivity (Wildman–Crippen MR) is 82.8 cm³/mol. The minimum Gasteiger partial charge on any atom is -0.327 e. The molecule has 1 aliphatic carbocycles. The summed E-state index contributed by atoms with van der Waals surface area (Å²) in [7, 11) is 0. The molecule has 0 amide bonds. The van der Waals surface area contributed by atoms with Gasteiger partial charge in [0, 0.05) is 10.9 Å². The van der Waals surface area contributed by atoms with Crippen molar-refractivity contribution in [1.29, 1.82) is 0 Å². The van der Waals surface area contributed by atoms with Gasteiger partial charge in [0.2, 0.25) is 0 Å². The third-order valence-electron chi connectivity index (χ3n) is 3.34. The van der Waals surface area contributed by atoms with Gasteiger partial charge in [-0.2, -0.15) is 11.8 Å². The fraction of sp³-hybridized carbons (Fsp3) is 0.692. The summed E-state index contributed by atoms with van der Waals surface area (Å²) in [4.78, 5) is 1.41. The molecule has 2 N–H and O–H groups in total. The monoisotopic (exact) mass is 333 g/mol. The smallest absolute Gasteiger partial charge is 0.0701 e. The van der Waals surface area contributed by atoms with E-state index in [1.54, 1.807) is 0 Å². The number of rotatable bonds is 5. The van der Waals surface area contributed by atoms with Gasteiger partial charge < -0.3 is 5.73 Å². The number of nitrogens with two attached hydrogens (primary N) is 1. The van der Waals surface area contributed by atoms with Crippen molar-refractivity contribution in [1.82, 2.24) is 0 Å². The third-order valence-corrected chi connectivity index (χ3v) is 6.90. The second kappa shape index (κ2) is 6.60. The molecule has 0 aliphatic heterocycles. The molecule has 4 heteroatoms. The fourth-order valence-corrected chi connectivity index (χ4v) is 5.62. The Labute approximate surface area is 121 Å². The first-order chi connectivity index (χ1) is 8.16. The van der Waals surface area contributed by atoms with Crippen molar-refractivity contribution in [3.05, 3.63) is 20.8 Å². The molecule has 0 saturated heterocycles. The Morgan fingerprint density at radius 3 is 2.71 bits per heavy atom. The zero-order chi connectivity index (χ0) is 12.3. The summed E-state index contributed by atoms with van der Waals surface area (Å²) < 4.78 is 1.21. The number of hydrogen-bond donors (Lipinski definition) is 1. The molecular formula is C13H20BrNS2. The maximum atomic E-state index is 6.13. The van der Waals surface area contributed by atoms with Crippen molar-refractivity contribution in [3.63, 3.8) is 0 Å². The largest absolute Gasteiger partial charge is 0.327 e. The summed E-state index contributed by atoms with van der Waals surface area (Å²) in [6.45, 7) is 2.12. The number of hydrogen-bond acceptors (Lipinski definition) is 3. The van der Waals surface area contributed by atoms with Gasteiger partial charge in [-0.3, -0.25) is 0 Å². The van der Waals surface area contributed by atoms with Crippen LogP contribution < -0.4 is 5.73 Å². The van der Waals surface area contributed by atoms with Gasteiger partial charge in [0.25, 0.3) is 0 Å². The molecule has 1 aliphatic rings. The summed E-state index contributed by atoms with van der Waals surface area (Å²) in [5.41, 5.74) is 6.13. The molecule has 0 spiro atoms. The molecule has 2 unspecified atom stereocenters. The van der Waals surface area contributed by atoms with Crippen LogP contribution in [0, 0.1) is 5.92 Å². The first-order valence-electron chi connectivity index (χ1n) is 6.29. The van der Waals surface area contributed by atoms with Crippen LogP contribution in [0.1, 0.15) is 42.7 Å². The molecule has 1 saturated carbocycles. The number of thioether (sulfide) groups is 1. The molecule has 1 heterocycles. The topological polar surface area (TPSA) is 26.0 Å². The highest BCUT2D eigenvalue weighted by Crippen LogP contribution is 2.40. The zero-order valence-electron chi connectivity index (χ0n) is 10.2. The van der Waals surface area contributed by atoms with E-state index >= 15 is 0 Å². The molecule has 0 aromatic carbocycles. The Kier molecular flexibility index (Phi) is 5.40. The molecular weight excluding hydrogens is 314 g/mol. The minimum atomic E-state index is 0.229. The normalized spacial score (nSPS) is 20.6. The lowest BCUT2D eigenvalue weighted by atomic mass is 10.1. The average molecular weight is 334 g/mol. The molecule has 2 atom stereocenters. The van der Waals surface area contributed by atoms with Crippen LogP contribution in [-0.4, -0.2) is 11.8 Å². The van der Waals surface area contributed by atoms with E-state index in [9.17, 15) is 0 Å². The zero-order valence-corrected chi connectivity index (χ0v) is 13.4. The molecule has 1 aromatic rings. The molecule has 1 fully saturated rings. The van der Waals surface area contributed by atoms with Gasteiger partial charge in [-0.25, -0.2) is 0 Å². The second-order valence-electron chi connectivity index (χ2n) is 4.91. The van der Waals surface area contributed by atoms with Gasteiger partial charge in [-0.1, -0.05) is 12.8 Å². The summed E-state index contributed by atoms with van der Waals surface area (Å²) in [6, 6.07) is 4.57. The molecule has 0 radical (unpaired) electrons. The van der Waals surface area contributed by atoms with Crippen molar-refractivity contribution in [2.45, 2.75) is 43.9 Å². The lowest BCUT2D eigenvalue weighted by molar-refractivity contribution is 0.619. The highest BCUT2D eigenvalue weighted by Gasteiger charge is 2.22. The summed E-state index contributed by atoms with van der Waals surface area (Å²) in [5.74, 6) is 2.21. The van der Waals surface area contributed by atoms with Crippen LogP contribution in [0.5, 0.6) is 0 Å². The number of halogens is 1. The molecule has 1 aromatic heterocycles. The van der Waals surface area contributed by atoms with Gasteiger partial charge in [-0.15, -0.1) is 11.3 Å². The van der Waals surface area contributed by atoms with E-state index in [0.717, 1.165) is 5.92 Å². The fourth-order valence-electron chi connectivity index (χ4n) is 2.39. The van der Waals surface area contributed by atoms with Crippen molar-refractivity contribution >= 4 is 39.0 Å². The first-order valence-corrected chi connectivity index (χ1v) is 8.95. The van der Waals surface area contributed by atoms with Gasteiger partial charge in [0.05, 0.1) is 9.04 Å². The minimum absolute atomic E-state index is 0.229. The highest BCUT2D eigenvalue weighted by molar-refractivity contribution is 9.11. The van der Waals surface area contributed by atoms with E-state index in [1.807, 2.05) is 11.3 Å². The maximum absolute atomic E-state index is 6.13. The van der Waals surface area contributed by atoms with E-state index in [1.165, 1.54) is 40.1 Å². The predicted octanol–water partition coefficient (Wildman–Crippen LogP) is 4.82. The first kappa shape index (κ1) is 13.9. The Bertz CT molecular complexity index is 345. The Morgan fingerprint density at radius 2 is 2.18 bits per heavy atom. The van der Waals surface area contributed by atoms with E-state index < -0.39 is 0 Å². The van der Waals surface area contributed by atoms with Crippen LogP contribution >= 0.6 is 39.0 Å². The average Bonchev–Trinajstić information content (AvgIpc) is 2.90. The van der Waals surface area contributed by atoms with Crippen molar-refractivity contribution in [2.24, 2.45) is 11.7 Å². The highest BCUT2D eigenvalue weighted by atomic mass is 79.9. The Morgan fingerprint density at radius 1 is 1.47 bits per heavy atom. The van der Waals surface area contributed by atoms with Gasteiger partial charge in [-0.05, 0) is 59.5 Å². The van der Waals surface area contributed by atoms with E-state index in [4.69, 9.17) is 5.73 Å². The van der Waals surface area contributed by atoms with E-state index in [-0.39, 0.29) is 6.04 Å². The molecule has 1 nitrogen and oxygen atoms in total. The van der Waals surface area contributed by atoms with Crippen LogP contribution in [0.4, 0.5) is 0 Å². The Hall–Kier alpha value is 0.490. The quantitative estimate of drug-likeness (QED) is 0.835. The number of thiophene rings is 1. The SMILES string of the molecule is CC(N)C(SCC1CCCC1)c1ccc(Br)s1. The summed E-state index contributed by atoms with van der Waals surface area (Å²) in [5, 5.41) is 0.465. The maximum Gasteiger partial charge on any atom is 0.0701 e. The third kappa shape index (κ3) is 3.98.